The highest BCUT2D eigenvalue weighted by Gasteiger charge is 2.47. The summed E-state index contributed by atoms with van der Waals surface area (Å²) < 4.78 is 18.0. The SMILES string of the molecule is CC(C)C1COC(CC(C)(C2=NC(C(C)C)CO2)C2=NC(C(C)C)CO2)=N1. The van der Waals surface area contributed by atoms with Crippen LogP contribution in [0.2, 0.25) is 0 Å². The molecule has 3 atom stereocenters. The maximum atomic E-state index is 6.06. The van der Waals surface area contributed by atoms with E-state index in [-0.39, 0.29) is 18.1 Å². The summed E-state index contributed by atoms with van der Waals surface area (Å²) in [4.78, 5) is 14.6. The van der Waals surface area contributed by atoms with Crippen molar-refractivity contribution in [2.75, 3.05) is 19.8 Å². The van der Waals surface area contributed by atoms with Crippen LogP contribution in [-0.4, -0.2) is 55.6 Å². The van der Waals surface area contributed by atoms with Crippen molar-refractivity contribution >= 4 is 17.7 Å². The highest BCUT2D eigenvalue weighted by atomic mass is 16.5. The molecule has 3 heterocycles. The second-order valence-electron chi connectivity index (χ2n) is 9.27. The predicted molar refractivity (Wildman–Crippen MR) is 109 cm³/mol. The van der Waals surface area contributed by atoms with E-state index < -0.39 is 5.41 Å². The van der Waals surface area contributed by atoms with Crippen LogP contribution in [0.4, 0.5) is 0 Å². The van der Waals surface area contributed by atoms with E-state index >= 15 is 0 Å². The van der Waals surface area contributed by atoms with E-state index in [1.807, 2.05) is 0 Å². The smallest absolute Gasteiger partial charge is 0.199 e. The number of rotatable bonds is 7. The van der Waals surface area contributed by atoms with Crippen molar-refractivity contribution in [1.29, 1.82) is 0 Å². The largest absolute Gasteiger partial charge is 0.479 e. The van der Waals surface area contributed by atoms with Gasteiger partial charge in [-0.1, -0.05) is 41.5 Å². The van der Waals surface area contributed by atoms with Gasteiger partial charge in [-0.2, -0.15) is 0 Å². The van der Waals surface area contributed by atoms with E-state index in [0.717, 1.165) is 5.90 Å². The third-order valence-electron chi connectivity index (χ3n) is 5.84. The molecule has 0 aromatic carbocycles. The molecule has 0 spiro atoms. The molecule has 3 aliphatic rings. The van der Waals surface area contributed by atoms with E-state index in [1.165, 1.54) is 0 Å². The van der Waals surface area contributed by atoms with E-state index in [2.05, 4.69) is 48.5 Å². The highest BCUT2D eigenvalue weighted by molar-refractivity contribution is 6.08. The lowest BCUT2D eigenvalue weighted by atomic mass is 9.85. The molecule has 3 aliphatic heterocycles. The van der Waals surface area contributed by atoms with Crippen molar-refractivity contribution in [2.45, 2.75) is 73.0 Å². The molecule has 6 heteroatoms. The van der Waals surface area contributed by atoms with Crippen LogP contribution in [-0.2, 0) is 14.2 Å². The zero-order valence-corrected chi connectivity index (χ0v) is 17.9. The molecule has 3 unspecified atom stereocenters. The van der Waals surface area contributed by atoms with Gasteiger partial charge in [-0.05, 0) is 24.7 Å². The Morgan fingerprint density at radius 3 is 1.52 bits per heavy atom. The zero-order valence-electron chi connectivity index (χ0n) is 17.9. The molecule has 0 saturated carbocycles. The number of hydrogen-bond donors (Lipinski definition) is 0. The molecule has 27 heavy (non-hydrogen) atoms. The van der Waals surface area contributed by atoms with Gasteiger partial charge in [0.05, 0.1) is 18.1 Å². The Morgan fingerprint density at radius 2 is 1.15 bits per heavy atom. The Kier molecular flexibility index (Phi) is 5.82. The second kappa shape index (κ2) is 7.80. The Morgan fingerprint density at radius 1 is 0.741 bits per heavy atom. The Labute approximate surface area is 163 Å². The summed E-state index contributed by atoms with van der Waals surface area (Å²) in [7, 11) is 0. The molecule has 0 amide bonds. The number of nitrogens with zero attached hydrogens (tertiary/aromatic N) is 3. The number of hydrogen-bond acceptors (Lipinski definition) is 6. The minimum absolute atomic E-state index is 0.178. The third-order valence-corrected chi connectivity index (χ3v) is 5.84. The van der Waals surface area contributed by atoms with Crippen LogP contribution < -0.4 is 0 Å². The minimum Gasteiger partial charge on any atom is -0.479 e. The van der Waals surface area contributed by atoms with E-state index in [0.29, 0.717) is 55.8 Å². The molecule has 0 N–H and O–H groups in total. The minimum atomic E-state index is -0.571. The molecular formula is C21H35N3O3. The lowest BCUT2D eigenvalue weighted by Crippen LogP contribution is -2.39. The predicted octanol–water partition coefficient (Wildman–Crippen LogP) is 3.74. The Hall–Kier alpha value is -1.59. The first kappa shape index (κ1) is 20.2. The van der Waals surface area contributed by atoms with Crippen LogP contribution in [0.5, 0.6) is 0 Å². The number of aliphatic imine (C=N–C) groups is 3. The lowest BCUT2D eigenvalue weighted by Gasteiger charge is -2.27. The first-order valence-electron chi connectivity index (χ1n) is 10.3. The van der Waals surface area contributed by atoms with Crippen molar-refractivity contribution in [3.8, 4) is 0 Å². The van der Waals surface area contributed by atoms with Gasteiger partial charge in [-0.3, -0.25) is 0 Å². The lowest BCUT2D eigenvalue weighted by molar-refractivity contribution is 0.238. The average Bonchev–Trinajstić information content (AvgIpc) is 3.34. The Bertz CT molecular complexity index is 603. The summed E-state index contributed by atoms with van der Waals surface area (Å²) in [5.74, 6) is 3.52. The van der Waals surface area contributed by atoms with Crippen molar-refractivity contribution in [2.24, 2.45) is 38.1 Å². The van der Waals surface area contributed by atoms with Gasteiger partial charge >= 0.3 is 0 Å². The van der Waals surface area contributed by atoms with Gasteiger partial charge in [0.15, 0.2) is 17.7 Å². The van der Waals surface area contributed by atoms with Gasteiger partial charge in [-0.25, -0.2) is 15.0 Å². The monoisotopic (exact) mass is 377 g/mol. The summed E-state index contributed by atoms with van der Waals surface area (Å²) in [6.45, 7) is 17.0. The molecule has 3 rings (SSSR count). The fourth-order valence-electron chi connectivity index (χ4n) is 3.49. The van der Waals surface area contributed by atoms with Gasteiger partial charge in [0, 0.05) is 6.42 Å². The van der Waals surface area contributed by atoms with Crippen LogP contribution in [0.15, 0.2) is 15.0 Å². The maximum absolute atomic E-state index is 6.06. The molecule has 152 valence electrons. The molecule has 0 aromatic rings. The molecule has 0 bridgehead atoms. The fourth-order valence-corrected chi connectivity index (χ4v) is 3.49. The average molecular weight is 378 g/mol. The van der Waals surface area contributed by atoms with E-state index in [1.54, 1.807) is 0 Å². The summed E-state index contributed by atoms with van der Waals surface area (Å²) in [6, 6.07) is 0.572. The molecule has 6 nitrogen and oxygen atoms in total. The summed E-state index contributed by atoms with van der Waals surface area (Å²) in [5.41, 5.74) is -0.571. The van der Waals surface area contributed by atoms with Crippen molar-refractivity contribution < 1.29 is 14.2 Å². The maximum Gasteiger partial charge on any atom is 0.199 e. The van der Waals surface area contributed by atoms with Crippen molar-refractivity contribution in [3.05, 3.63) is 0 Å². The molecule has 0 fully saturated rings. The topological polar surface area (TPSA) is 64.8 Å². The van der Waals surface area contributed by atoms with E-state index in [4.69, 9.17) is 29.2 Å². The molecule has 0 aromatic heterocycles. The van der Waals surface area contributed by atoms with Crippen LogP contribution in [0.25, 0.3) is 0 Å². The first-order valence-corrected chi connectivity index (χ1v) is 10.3. The van der Waals surface area contributed by atoms with Crippen molar-refractivity contribution in [1.82, 2.24) is 0 Å². The fraction of sp³-hybridized carbons (Fsp3) is 0.857. The zero-order chi connectivity index (χ0) is 19.8. The van der Waals surface area contributed by atoms with Gasteiger partial charge in [0.2, 0.25) is 0 Å². The summed E-state index contributed by atoms with van der Waals surface area (Å²) in [5, 5.41) is 0. The standard InChI is InChI=1S/C21H35N3O3/c1-12(2)15-9-25-18(22-15)8-21(7,19-23-16(10-26-19)13(3)4)20-24-17(11-27-20)14(5)6/h12-17H,8-11H2,1-7H3. The summed E-state index contributed by atoms with van der Waals surface area (Å²) >= 11 is 0. The molecule has 0 aliphatic carbocycles. The van der Waals surface area contributed by atoms with Crippen LogP contribution in [0.3, 0.4) is 0 Å². The van der Waals surface area contributed by atoms with Crippen LogP contribution in [0.1, 0.15) is 54.9 Å². The molecular weight excluding hydrogens is 342 g/mol. The van der Waals surface area contributed by atoms with Crippen LogP contribution in [0, 0.1) is 23.2 Å². The number of ether oxygens (including phenoxy) is 3. The Balaban J connectivity index is 1.89. The highest BCUT2D eigenvalue weighted by Crippen LogP contribution is 2.36. The third kappa shape index (κ3) is 4.14. The quantitative estimate of drug-likeness (QED) is 0.679. The molecule has 0 saturated heterocycles. The van der Waals surface area contributed by atoms with Gasteiger partial charge < -0.3 is 14.2 Å². The van der Waals surface area contributed by atoms with Crippen LogP contribution >= 0.6 is 0 Å². The van der Waals surface area contributed by atoms with Gasteiger partial charge in [-0.15, -0.1) is 0 Å². The van der Waals surface area contributed by atoms with E-state index in [9.17, 15) is 0 Å². The molecule has 0 radical (unpaired) electrons. The normalized spacial score (nSPS) is 30.0. The van der Waals surface area contributed by atoms with Crippen molar-refractivity contribution in [3.63, 3.8) is 0 Å². The van der Waals surface area contributed by atoms with Gasteiger partial charge in [0.25, 0.3) is 0 Å². The second-order valence-corrected chi connectivity index (χ2v) is 9.27. The van der Waals surface area contributed by atoms with Gasteiger partial charge in [0.1, 0.15) is 25.2 Å². The first-order chi connectivity index (χ1) is 12.7. The summed E-state index contributed by atoms with van der Waals surface area (Å²) in [6.07, 6.45) is 0.573.